The minimum absolute atomic E-state index is 0.0197. The van der Waals surface area contributed by atoms with Crippen molar-refractivity contribution in [3.63, 3.8) is 0 Å². The van der Waals surface area contributed by atoms with Crippen molar-refractivity contribution in [3.8, 4) is 0 Å². The second-order valence-corrected chi connectivity index (χ2v) is 4.39. The van der Waals surface area contributed by atoms with Gasteiger partial charge in [0.05, 0.1) is 0 Å². The van der Waals surface area contributed by atoms with Crippen molar-refractivity contribution in [1.29, 1.82) is 0 Å². The smallest absolute Gasteiger partial charge is 0.224 e. The summed E-state index contributed by atoms with van der Waals surface area (Å²) in [6, 6.07) is 2.18. The van der Waals surface area contributed by atoms with Crippen LogP contribution in [0.25, 0.3) is 0 Å². The van der Waals surface area contributed by atoms with Gasteiger partial charge < -0.3 is 15.5 Å². The molecule has 1 aliphatic heterocycles. The molecule has 1 saturated heterocycles. The average molecular weight is 255 g/mol. The number of anilines is 2. The third kappa shape index (κ3) is 2.37. The fourth-order valence-corrected chi connectivity index (χ4v) is 2.04. The van der Waals surface area contributed by atoms with Gasteiger partial charge in [-0.15, -0.1) is 0 Å². The molecule has 0 atom stereocenters. The number of hydrogen-bond donors (Lipinski definition) is 1. The monoisotopic (exact) mass is 255 g/mol. The molecular weight excluding hydrogens is 240 g/mol. The average Bonchev–Trinajstić information content (AvgIpc) is 2.43. The van der Waals surface area contributed by atoms with E-state index in [2.05, 4.69) is 0 Å². The predicted octanol–water partition coefficient (Wildman–Crippen LogP) is 1.22. The lowest BCUT2D eigenvalue weighted by molar-refractivity contribution is -0.129. The minimum atomic E-state index is -0.690. The first-order valence-corrected chi connectivity index (χ1v) is 5.72. The summed E-state index contributed by atoms with van der Waals surface area (Å²) in [6.45, 7) is 1.16. The van der Waals surface area contributed by atoms with Crippen molar-refractivity contribution in [3.05, 3.63) is 23.8 Å². The lowest BCUT2D eigenvalue weighted by Gasteiger charge is -2.23. The maximum atomic E-state index is 13.8. The van der Waals surface area contributed by atoms with Crippen LogP contribution in [-0.2, 0) is 4.79 Å². The Morgan fingerprint density at radius 3 is 2.39 bits per heavy atom. The van der Waals surface area contributed by atoms with E-state index in [1.54, 1.807) is 16.8 Å². The maximum Gasteiger partial charge on any atom is 0.224 e. The Hall–Kier alpha value is -1.85. The van der Waals surface area contributed by atoms with Crippen LogP contribution in [0.2, 0.25) is 0 Å². The minimum Gasteiger partial charge on any atom is -0.399 e. The molecule has 1 fully saturated rings. The SMILES string of the molecule is CN1CCN(c2c(F)cc(N)cc2F)CCC1=O. The molecule has 0 aliphatic carbocycles. The first-order chi connectivity index (χ1) is 8.49. The summed E-state index contributed by atoms with van der Waals surface area (Å²) in [4.78, 5) is 14.6. The summed E-state index contributed by atoms with van der Waals surface area (Å²) in [5.74, 6) is -1.40. The van der Waals surface area contributed by atoms with E-state index < -0.39 is 11.6 Å². The molecule has 0 saturated carbocycles. The van der Waals surface area contributed by atoms with Gasteiger partial charge in [-0.1, -0.05) is 0 Å². The van der Waals surface area contributed by atoms with Crippen LogP contribution in [0.1, 0.15) is 6.42 Å². The van der Waals surface area contributed by atoms with Crippen molar-refractivity contribution in [2.24, 2.45) is 0 Å². The van der Waals surface area contributed by atoms with E-state index in [0.717, 1.165) is 12.1 Å². The van der Waals surface area contributed by atoms with E-state index in [1.807, 2.05) is 0 Å². The molecule has 0 unspecified atom stereocenters. The van der Waals surface area contributed by atoms with E-state index in [0.29, 0.717) is 19.6 Å². The van der Waals surface area contributed by atoms with Crippen molar-refractivity contribution < 1.29 is 13.6 Å². The molecule has 6 heteroatoms. The molecule has 2 N–H and O–H groups in total. The van der Waals surface area contributed by atoms with Crippen LogP contribution in [0.15, 0.2) is 12.1 Å². The van der Waals surface area contributed by atoms with Crippen LogP contribution in [0, 0.1) is 11.6 Å². The molecule has 2 rings (SSSR count). The van der Waals surface area contributed by atoms with Crippen LogP contribution in [-0.4, -0.2) is 37.5 Å². The fraction of sp³-hybridized carbons (Fsp3) is 0.417. The third-order valence-corrected chi connectivity index (χ3v) is 3.08. The van der Waals surface area contributed by atoms with E-state index in [-0.39, 0.29) is 23.7 Å². The van der Waals surface area contributed by atoms with Gasteiger partial charge in [0, 0.05) is 38.8 Å². The fourth-order valence-electron chi connectivity index (χ4n) is 2.04. The number of benzene rings is 1. The zero-order valence-corrected chi connectivity index (χ0v) is 10.1. The molecule has 4 nitrogen and oxygen atoms in total. The second kappa shape index (κ2) is 4.80. The number of amides is 1. The summed E-state index contributed by atoms with van der Waals surface area (Å²) >= 11 is 0. The number of nitrogen functional groups attached to an aromatic ring is 1. The summed E-state index contributed by atoms with van der Waals surface area (Å²) in [7, 11) is 1.68. The molecule has 0 bridgehead atoms. The van der Waals surface area contributed by atoms with Gasteiger partial charge in [0.1, 0.15) is 5.69 Å². The Bertz CT molecular complexity index is 455. The molecule has 1 aromatic carbocycles. The molecule has 0 spiro atoms. The van der Waals surface area contributed by atoms with Crippen LogP contribution < -0.4 is 10.6 Å². The first kappa shape index (κ1) is 12.6. The Balaban J connectivity index is 2.29. The van der Waals surface area contributed by atoms with Crippen molar-refractivity contribution >= 4 is 17.3 Å². The summed E-state index contributed by atoms with van der Waals surface area (Å²) in [5.41, 5.74) is 5.32. The molecule has 1 aromatic rings. The predicted molar refractivity (Wildman–Crippen MR) is 65.2 cm³/mol. The summed E-state index contributed by atoms with van der Waals surface area (Å²) in [6.07, 6.45) is 0.250. The zero-order chi connectivity index (χ0) is 13.3. The first-order valence-electron chi connectivity index (χ1n) is 5.72. The van der Waals surface area contributed by atoms with Crippen LogP contribution in [0.5, 0.6) is 0 Å². The normalized spacial score (nSPS) is 16.9. The number of carbonyl (C=O) groups is 1. The Morgan fingerprint density at radius 2 is 1.78 bits per heavy atom. The number of rotatable bonds is 1. The van der Waals surface area contributed by atoms with Gasteiger partial charge in [-0.25, -0.2) is 8.78 Å². The standard InChI is InChI=1S/C12H15F2N3O/c1-16-4-5-17(3-2-11(16)18)12-9(13)6-8(15)7-10(12)14/h6-7H,2-5,15H2,1H3. The van der Waals surface area contributed by atoms with Gasteiger partial charge in [-0.05, 0) is 12.1 Å². The van der Waals surface area contributed by atoms with Gasteiger partial charge in [-0.3, -0.25) is 4.79 Å². The number of nitrogens with two attached hydrogens (primary N) is 1. The number of nitrogens with zero attached hydrogens (tertiary/aromatic N) is 2. The molecule has 1 aliphatic rings. The van der Waals surface area contributed by atoms with Crippen molar-refractivity contribution in [2.45, 2.75) is 6.42 Å². The topological polar surface area (TPSA) is 49.6 Å². The van der Waals surface area contributed by atoms with Crippen LogP contribution >= 0.6 is 0 Å². The summed E-state index contributed by atoms with van der Waals surface area (Å²) in [5, 5.41) is 0. The molecule has 98 valence electrons. The highest BCUT2D eigenvalue weighted by atomic mass is 19.1. The maximum absolute atomic E-state index is 13.8. The Labute approximate surface area is 104 Å². The van der Waals surface area contributed by atoms with E-state index in [4.69, 9.17) is 5.73 Å². The van der Waals surface area contributed by atoms with Gasteiger partial charge in [-0.2, -0.15) is 0 Å². The molecule has 1 amide bonds. The van der Waals surface area contributed by atoms with Crippen LogP contribution in [0.3, 0.4) is 0 Å². The second-order valence-electron chi connectivity index (χ2n) is 4.39. The largest absolute Gasteiger partial charge is 0.399 e. The molecule has 1 heterocycles. The van der Waals surface area contributed by atoms with Crippen molar-refractivity contribution in [2.75, 3.05) is 37.3 Å². The quantitative estimate of drug-likeness (QED) is 0.767. The third-order valence-electron chi connectivity index (χ3n) is 3.08. The number of likely N-dealkylation sites (N-methyl/N-ethyl adjacent to an activating group) is 1. The highest BCUT2D eigenvalue weighted by Gasteiger charge is 2.23. The number of hydrogen-bond acceptors (Lipinski definition) is 3. The van der Waals surface area contributed by atoms with Crippen molar-refractivity contribution in [1.82, 2.24) is 4.90 Å². The van der Waals surface area contributed by atoms with Gasteiger partial charge in [0.2, 0.25) is 5.91 Å². The summed E-state index contributed by atoms with van der Waals surface area (Å²) < 4.78 is 27.5. The Kier molecular flexibility index (Phi) is 3.36. The number of halogens is 2. The van der Waals surface area contributed by atoms with E-state index in [9.17, 15) is 13.6 Å². The lowest BCUT2D eigenvalue weighted by atomic mass is 10.2. The van der Waals surface area contributed by atoms with Crippen LogP contribution in [0.4, 0.5) is 20.2 Å². The van der Waals surface area contributed by atoms with E-state index >= 15 is 0 Å². The molecule has 0 radical (unpaired) electrons. The molecular formula is C12H15F2N3O. The van der Waals surface area contributed by atoms with Gasteiger partial charge >= 0.3 is 0 Å². The Morgan fingerprint density at radius 1 is 1.17 bits per heavy atom. The lowest BCUT2D eigenvalue weighted by Crippen LogP contribution is -2.31. The number of carbonyl (C=O) groups excluding carboxylic acids is 1. The zero-order valence-electron chi connectivity index (χ0n) is 10.1. The highest BCUT2D eigenvalue weighted by Crippen LogP contribution is 2.26. The highest BCUT2D eigenvalue weighted by molar-refractivity contribution is 5.77. The molecule has 0 aromatic heterocycles. The van der Waals surface area contributed by atoms with Gasteiger partial charge in [0.15, 0.2) is 11.6 Å². The van der Waals surface area contributed by atoms with Gasteiger partial charge in [0.25, 0.3) is 0 Å². The van der Waals surface area contributed by atoms with E-state index in [1.165, 1.54) is 0 Å². The molecule has 18 heavy (non-hydrogen) atoms.